The number of benzene rings is 1. The Morgan fingerprint density at radius 2 is 2.18 bits per heavy atom. The van der Waals surface area contributed by atoms with Crippen molar-refractivity contribution in [3.63, 3.8) is 0 Å². The highest BCUT2D eigenvalue weighted by atomic mass is 16.5. The summed E-state index contributed by atoms with van der Waals surface area (Å²) in [7, 11) is 1.62. The second-order valence-electron chi connectivity index (χ2n) is 4.63. The van der Waals surface area contributed by atoms with Crippen molar-refractivity contribution < 1.29 is 14.3 Å². The summed E-state index contributed by atoms with van der Waals surface area (Å²) in [4.78, 5) is 11.0. The van der Waals surface area contributed by atoms with Gasteiger partial charge in [0.05, 0.1) is 6.61 Å². The third kappa shape index (κ3) is 2.24. The van der Waals surface area contributed by atoms with Gasteiger partial charge in [-0.25, -0.2) is 0 Å². The monoisotopic (exact) mass is 232 g/mol. The standard InChI is InChI=1S/C14H16O3/c1-14(2)7-6-11-12(9-16-3)10(8-15)4-5-13(11)17-14/h4-8H,9H2,1-3H3. The summed E-state index contributed by atoms with van der Waals surface area (Å²) in [5.74, 6) is 0.801. The molecule has 0 saturated carbocycles. The van der Waals surface area contributed by atoms with E-state index in [4.69, 9.17) is 9.47 Å². The fourth-order valence-corrected chi connectivity index (χ4v) is 1.95. The summed E-state index contributed by atoms with van der Waals surface area (Å²) in [5.41, 5.74) is 2.17. The van der Waals surface area contributed by atoms with Crippen molar-refractivity contribution in [3.05, 3.63) is 34.9 Å². The highest BCUT2D eigenvalue weighted by Crippen LogP contribution is 2.34. The van der Waals surface area contributed by atoms with E-state index in [1.165, 1.54) is 0 Å². The third-order valence-electron chi connectivity index (χ3n) is 2.79. The number of ether oxygens (including phenoxy) is 2. The lowest BCUT2D eigenvalue weighted by molar-refractivity contribution is 0.111. The van der Waals surface area contributed by atoms with Crippen molar-refractivity contribution in [1.29, 1.82) is 0 Å². The molecule has 0 N–H and O–H groups in total. The smallest absolute Gasteiger partial charge is 0.150 e. The van der Waals surface area contributed by atoms with Gasteiger partial charge in [0.2, 0.25) is 0 Å². The van der Waals surface area contributed by atoms with Crippen LogP contribution in [0.2, 0.25) is 0 Å². The Morgan fingerprint density at radius 3 is 2.82 bits per heavy atom. The van der Waals surface area contributed by atoms with Crippen molar-refractivity contribution in [2.75, 3.05) is 7.11 Å². The lowest BCUT2D eigenvalue weighted by Gasteiger charge is -2.29. The zero-order chi connectivity index (χ0) is 12.5. The molecule has 0 saturated heterocycles. The van der Waals surface area contributed by atoms with Gasteiger partial charge in [-0.3, -0.25) is 4.79 Å². The second kappa shape index (κ2) is 4.34. The number of carbonyl (C=O) groups is 1. The molecule has 0 aromatic heterocycles. The predicted molar refractivity (Wildman–Crippen MR) is 66.3 cm³/mol. The summed E-state index contributed by atoms with van der Waals surface area (Å²) < 4.78 is 11.0. The number of fused-ring (bicyclic) bond motifs is 1. The first-order valence-electron chi connectivity index (χ1n) is 5.55. The Balaban J connectivity index is 2.54. The Morgan fingerprint density at radius 1 is 1.41 bits per heavy atom. The lowest BCUT2D eigenvalue weighted by atomic mass is 9.96. The third-order valence-corrected chi connectivity index (χ3v) is 2.79. The minimum absolute atomic E-state index is 0.306. The maximum Gasteiger partial charge on any atom is 0.150 e. The van der Waals surface area contributed by atoms with Crippen molar-refractivity contribution in [2.24, 2.45) is 0 Å². The Labute approximate surface area is 101 Å². The second-order valence-corrected chi connectivity index (χ2v) is 4.63. The SMILES string of the molecule is COCc1c(C=O)ccc2c1C=CC(C)(C)O2. The normalized spacial score (nSPS) is 16.2. The van der Waals surface area contributed by atoms with Crippen LogP contribution in [-0.2, 0) is 11.3 Å². The highest BCUT2D eigenvalue weighted by molar-refractivity contribution is 5.81. The fourth-order valence-electron chi connectivity index (χ4n) is 1.95. The van der Waals surface area contributed by atoms with Gasteiger partial charge in [0.1, 0.15) is 17.6 Å². The van der Waals surface area contributed by atoms with Crippen LogP contribution in [0.5, 0.6) is 5.75 Å². The van der Waals surface area contributed by atoms with E-state index < -0.39 is 0 Å². The number of methoxy groups -OCH3 is 1. The van der Waals surface area contributed by atoms with E-state index in [-0.39, 0.29) is 5.60 Å². The van der Waals surface area contributed by atoms with E-state index in [0.29, 0.717) is 12.2 Å². The van der Waals surface area contributed by atoms with E-state index in [1.54, 1.807) is 13.2 Å². The maximum atomic E-state index is 11.0. The van der Waals surface area contributed by atoms with Crippen LogP contribution in [0.15, 0.2) is 18.2 Å². The summed E-state index contributed by atoms with van der Waals surface area (Å²) in [6.45, 7) is 4.40. The molecule has 3 heteroatoms. The van der Waals surface area contributed by atoms with Crippen LogP contribution in [0.25, 0.3) is 6.08 Å². The molecule has 0 radical (unpaired) electrons. The molecule has 0 amide bonds. The van der Waals surface area contributed by atoms with Crippen LogP contribution in [0.4, 0.5) is 0 Å². The van der Waals surface area contributed by atoms with Crippen molar-refractivity contribution in [1.82, 2.24) is 0 Å². The summed E-state index contributed by atoms with van der Waals surface area (Å²) in [6, 6.07) is 3.61. The first kappa shape index (κ1) is 11.9. The van der Waals surface area contributed by atoms with Gasteiger partial charge in [0.15, 0.2) is 0 Å². The Bertz CT molecular complexity index is 473. The molecule has 0 spiro atoms. The number of hydrogen-bond acceptors (Lipinski definition) is 3. The maximum absolute atomic E-state index is 11.0. The minimum Gasteiger partial charge on any atom is -0.483 e. The van der Waals surface area contributed by atoms with Crippen LogP contribution in [0.1, 0.15) is 35.3 Å². The van der Waals surface area contributed by atoms with Gasteiger partial charge in [0.25, 0.3) is 0 Å². The molecule has 1 aliphatic heterocycles. The predicted octanol–water partition coefficient (Wildman–Crippen LogP) is 2.83. The molecule has 0 unspecified atom stereocenters. The number of rotatable bonds is 3. The van der Waals surface area contributed by atoms with Crippen LogP contribution in [-0.4, -0.2) is 19.0 Å². The molecule has 1 aromatic carbocycles. The van der Waals surface area contributed by atoms with E-state index >= 15 is 0 Å². The molecule has 1 aliphatic rings. The fraction of sp³-hybridized carbons (Fsp3) is 0.357. The zero-order valence-corrected chi connectivity index (χ0v) is 10.3. The molecule has 1 aromatic rings. The largest absolute Gasteiger partial charge is 0.483 e. The summed E-state index contributed by atoms with van der Waals surface area (Å²) >= 11 is 0. The van der Waals surface area contributed by atoms with Crippen LogP contribution < -0.4 is 4.74 Å². The quantitative estimate of drug-likeness (QED) is 0.752. The molecule has 2 rings (SSSR count). The first-order valence-corrected chi connectivity index (χ1v) is 5.55. The number of hydrogen-bond donors (Lipinski definition) is 0. The molecular formula is C14H16O3. The molecule has 90 valence electrons. The van der Waals surface area contributed by atoms with Gasteiger partial charge < -0.3 is 9.47 Å². The molecule has 0 aliphatic carbocycles. The summed E-state index contributed by atoms with van der Waals surface area (Å²) in [6.07, 6.45) is 4.84. The van der Waals surface area contributed by atoms with E-state index in [1.807, 2.05) is 32.1 Å². The molecule has 17 heavy (non-hydrogen) atoms. The molecule has 0 atom stereocenters. The van der Waals surface area contributed by atoms with Gasteiger partial charge in [-0.1, -0.05) is 6.08 Å². The Kier molecular flexibility index (Phi) is 3.03. The minimum atomic E-state index is -0.306. The van der Waals surface area contributed by atoms with Crippen molar-refractivity contribution in [3.8, 4) is 5.75 Å². The topological polar surface area (TPSA) is 35.5 Å². The molecule has 1 heterocycles. The average molecular weight is 232 g/mol. The van der Waals surface area contributed by atoms with Gasteiger partial charge in [-0.15, -0.1) is 0 Å². The van der Waals surface area contributed by atoms with Gasteiger partial charge >= 0.3 is 0 Å². The van der Waals surface area contributed by atoms with Gasteiger partial charge in [-0.2, -0.15) is 0 Å². The first-order chi connectivity index (χ1) is 8.07. The van der Waals surface area contributed by atoms with E-state index in [0.717, 1.165) is 23.2 Å². The number of carbonyl (C=O) groups excluding carboxylic acids is 1. The number of aldehydes is 1. The van der Waals surface area contributed by atoms with Crippen LogP contribution >= 0.6 is 0 Å². The Hall–Kier alpha value is -1.61. The van der Waals surface area contributed by atoms with E-state index in [9.17, 15) is 4.79 Å². The van der Waals surface area contributed by atoms with Crippen LogP contribution in [0, 0.1) is 0 Å². The zero-order valence-electron chi connectivity index (χ0n) is 10.3. The van der Waals surface area contributed by atoms with Crippen LogP contribution in [0.3, 0.4) is 0 Å². The summed E-state index contributed by atoms with van der Waals surface area (Å²) in [5, 5.41) is 0. The molecule has 0 bridgehead atoms. The highest BCUT2D eigenvalue weighted by Gasteiger charge is 2.24. The van der Waals surface area contributed by atoms with E-state index in [2.05, 4.69) is 0 Å². The molecule has 3 nitrogen and oxygen atoms in total. The van der Waals surface area contributed by atoms with Gasteiger partial charge in [0, 0.05) is 18.2 Å². The lowest BCUT2D eigenvalue weighted by Crippen LogP contribution is -2.28. The van der Waals surface area contributed by atoms with Crippen molar-refractivity contribution in [2.45, 2.75) is 26.1 Å². The van der Waals surface area contributed by atoms with Crippen molar-refractivity contribution >= 4 is 12.4 Å². The average Bonchev–Trinajstić information content (AvgIpc) is 2.28. The molecular weight excluding hydrogens is 216 g/mol. The van der Waals surface area contributed by atoms with Gasteiger partial charge in [-0.05, 0) is 37.6 Å². The molecule has 0 fully saturated rings.